The summed E-state index contributed by atoms with van der Waals surface area (Å²) in [6.07, 6.45) is 0. The summed E-state index contributed by atoms with van der Waals surface area (Å²) >= 11 is 1.74. The zero-order valence-electron chi connectivity index (χ0n) is 11.9. The molecule has 106 valence electrons. The van der Waals surface area contributed by atoms with Crippen LogP contribution >= 0.6 is 11.3 Å². The fourth-order valence-corrected chi connectivity index (χ4v) is 3.66. The van der Waals surface area contributed by atoms with Gasteiger partial charge in [0.25, 0.3) is 0 Å². The summed E-state index contributed by atoms with van der Waals surface area (Å²) in [5.74, 6) is 1.03. The minimum atomic E-state index is 0.462. The van der Waals surface area contributed by atoms with Crippen LogP contribution in [0.1, 0.15) is 24.8 Å². The molecule has 2 saturated heterocycles. The minimum Gasteiger partial charge on any atom is -0.379 e. The van der Waals surface area contributed by atoms with Crippen LogP contribution in [0.4, 0.5) is 5.13 Å². The number of aromatic nitrogens is 2. The lowest BCUT2D eigenvalue weighted by Crippen LogP contribution is -2.42. The van der Waals surface area contributed by atoms with Gasteiger partial charge in [-0.25, -0.2) is 0 Å². The first-order valence-electron chi connectivity index (χ1n) is 7.00. The van der Waals surface area contributed by atoms with E-state index in [1.54, 1.807) is 11.3 Å². The largest absolute Gasteiger partial charge is 0.379 e. The maximum absolute atomic E-state index is 5.76. The van der Waals surface area contributed by atoms with Gasteiger partial charge in [-0.05, 0) is 7.05 Å². The normalized spacial score (nSPS) is 28.7. The maximum Gasteiger partial charge on any atom is 0.208 e. The summed E-state index contributed by atoms with van der Waals surface area (Å²) in [4.78, 5) is 4.84. The number of hydrogen-bond acceptors (Lipinski definition) is 6. The van der Waals surface area contributed by atoms with Crippen LogP contribution in [0.5, 0.6) is 0 Å². The Bertz CT molecular complexity index is 436. The molecule has 0 spiro atoms. The lowest BCUT2D eigenvalue weighted by molar-refractivity contribution is 0.0931. The van der Waals surface area contributed by atoms with E-state index in [0.29, 0.717) is 17.9 Å². The van der Waals surface area contributed by atoms with Gasteiger partial charge < -0.3 is 9.64 Å². The highest BCUT2D eigenvalue weighted by Gasteiger charge is 2.32. The number of rotatable bonds is 2. The fourth-order valence-electron chi connectivity index (χ4n) is 2.79. The van der Waals surface area contributed by atoms with Crippen LogP contribution in [0, 0.1) is 5.92 Å². The van der Waals surface area contributed by atoms with Crippen molar-refractivity contribution >= 4 is 16.5 Å². The molecule has 2 aliphatic heterocycles. The zero-order chi connectivity index (χ0) is 13.4. The van der Waals surface area contributed by atoms with Crippen LogP contribution in [0.15, 0.2) is 0 Å². The number of hydrogen-bond donors (Lipinski definition) is 0. The van der Waals surface area contributed by atoms with Gasteiger partial charge in [0.05, 0.1) is 19.3 Å². The van der Waals surface area contributed by atoms with Crippen molar-refractivity contribution in [2.45, 2.75) is 25.8 Å². The van der Waals surface area contributed by atoms with Gasteiger partial charge in [0, 0.05) is 31.5 Å². The smallest absolute Gasteiger partial charge is 0.208 e. The van der Waals surface area contributed by atoms with Gasteiger partial charge in [-0.3, -0.25) is 4.90 Å². The van der Waals surface area contributed by atoms with E-state index >= 15 is 0 Å². The first-order chi connectivity index (χ1) is 9.13. The maximum atomic E-state index is 5.76. The van der Waals surface area contributed by atoms with Crippen molar-refractivity contribution in [1.82, 2.24) is 15.1 Å². The van der Waals surface area contributed by atoms with Gasteiger partial charge in [0.15, 0.2) is 0 Å². The van der Waals surface area contributed by atoms with Crippen LogP contribution in [0.2, 0.25) is 0 Å². The molecule has 3 heterocycles. The molecule has 2 fully saturated rings. The second kappa shape index (κ2) is 5.34. The Morgan fingerprint density at radius 1 is 1.21 bits per heavy atom. The molecule has 3 rings (SSSR count). The first-order valence-corrected chi connectivity index (χ1v) is 7.81. The Morgan fingerprint density at radius 3 is 2.79 bits per heavy atom. The van der Waals surface area contributed by atoms with E-state index in [9.17, 15) is 0 Å². The van der Waals surface area contributed by atoms with Crippen LogP contribution in [0.25, 0.3) is 0 Å². The van der Waals surface area contributed by atoms with E-state index in [1.165, 1.54) is 0 Å². The van der Waals surface area contributed by atoms with Crippen LogP contribution in [-0.4, -0.2) is 61.0 Å². The summed E-state index contributed by atoms with van der Waals surface area (Å²) in [6.45, 7) is 9.20. The highest BCUT2D eigenvalue weighted by molar-refractivity contribution is 7.15. The van der Waals surface area contributed by atoms with Crippen molar-refractivity contribution in [2.24, 2.45) is 5.92 Å². The van der Waals surface area contributed by atoms with Crippen molar-refractivity contribution in [2.75, 3.05) is 44.8 Å². The molecule has 0 unspecified atom stereocenters. The van der Waals surface area contributed by atoms with E-state index in [1.807, 2.05) is 0 Å². The molecule has 0 aromatic carbocycles. The molecule has 0 saturated carbocycles. The standard InChI is InChI=1S/C13H22N4OS/c1-9(2)12-14-15-13(19-12)17-5-10-4-16(3)11(6-17)8-18-7-10/h9-11H,4-8H2,1-3H3/t10-,11+/m1/s1. The predicted molar refractivity (Wildman–Crippen MR) is 76.9 cm³/mol. The molecule has 0 amide bonds. The third-order valence-electron chi connectivity index (χ3n) is 3.94. The lowest BCUT2D eigenvalue weighted by Gasteiger charge is -2.29. The van der Waals surface area contributed by atoms with E-state index in [-0.39, 0.29) is 0 Å². The summed E-state index contributed by atoms with van der Waals surface area (Å²) in [5.41, 5.74) is 0. The number of anilines is 1. The third kappa shape index (κ3) is 2.75. The van der Waals surface area contributed by atoms with Crippen molar-refractivity contribution in [3.63, 3.8) is 0 Å². The number of likely N-dealkylation sites (N-methyl/N-ethyl adjacent to an activating group) is 1. The molecular weight excluding hydrogens is 260 g/mol. The number of ether oxygens (including phenoxy) is 1. The predicted octanol–water partition coefficient (Wildman–Crippen LogP) is 1.43. The van der Waals surface area contributed by atoms with E-state index < -0.39 is 0 Å². The second-order valence-electron chi connectivity index (χ2n) is 5.98. The monoisotopic (exact) mass is 282 g/mol. The number of nitrogens with zero attached hydrogens (tertiary/aromatic N) is 4. The SMILES string of the molecule is CC(C)c1nnc(N2C[C@@H]3COC[C@H](C2)N(C)C3)s1. The van der Waals surface area contributed by atoms with Gasteiger partial charge in [0.1, 0.15) is 5.01 Å². The number of fused-ring (bicyclic) bond motifs is 3. The zero-order valence-corrected chi connectivity index (χ0v) is 12.7. The summed E-state index contributed by atoms with van der Waals surface area (Å²) < 4.78 is 5.76. The van der Waals surface area contributed by atoms with E-state index in [0.717, 1.165) is 43.0 Å². The van der Waals surface area contributed by atoms with Crippen LogP contribution in [0.3, 0.4) is 0 Å². The molecule has 2 bridgehead atoms. The Balaban J connectivity index is 1.80. The average molecular weight is 282 g/mol. The summed E-state index contributed by atoms with van der Waals surface area (Å²) in [5, 5.41) is 10.9. The van der Waals surface area contributed by atoms with Crippen molar-refractivity contribution in [1.29, 1.82) is 0 Å². The molecule has 1 aromatic heterocycles. The molecule has 6 heteroatoms. The summed E-state index contributed by atoms with van der Waals surface area (Å²) in [7, 11) is 2.20. The van der Waals surface area contributed by atoms with Crippen LogP contribution < -0.4 is 4.90 Å². The lowest BCUT2D eigenvalue weighted by atomic mass is 10.1. The highest BCUT2D eigenvalue weighted by Crippen LogP contribution is 2.29. The molecule has 0 aliphatic carbocycles. The van der Waals surface area contributed by atoms with E-state index in [2.05, 4.69) is 40.9 Å². The van der Waals surface area contributed by atoms with Crippen molar-refractivity contribution in [3.05, 3.63) is 5.01 Å². The highest BCUT2D eigenvalue weighted by atomic mass is 32.1. The topological polar surface area (TPSA) is 41.5 Å². The third-order valence-corrected chi connectivity index (χ3v) is 5.22. The molecule has 1 aromatic rings. The molecule has 5 nitrogen and oxygen atoms in total. The molecule has 0 radical (unpaired) electrons. The Labute approximate surface area is 118 Å². The van der Waals surface area contributed by atoms with Crippen LogP contribution in [-0.2, 0) is 4.74 Å². The van der Waals surface area contributed by atoms with Crippen molar-refractivity contribution < 1.29 is 4.74 Å². The van der Waals surface area contributed by atoms with Crippen molar-refractivity contribution in [3.8, 4) is 0 Å². The van der Waals surface area contributed by atoms with Gasteiger partial charge in [-0.2, -0.15) is 0 Å². The van der Waals surface area contributed by atoms with Gasteiger partial charge in [-0.1, -0.05) is 25.2 Å². The van der Waals surface area contributed by atoms with Gasteiger partial charge in [0.2, 0.25) is 5.13 Å². The Hall–Kier alpha value is -0.720. The first kappa shape index (κ1) is 13.3. The average Bonchev–Trinajstić information content (AvgIpc) is 2.69. The second-order valence-corrected chi connectivity index (χ2v) is 6.97. The van der Waals surface area contributed by atoms with Gasteiger partial charge >= 0.3 is 0 Å². The Kier molecular flexibility index (Phi) is 3.73. The minimum absolute atomic E-state index is 0.462. The Morgan fingerprint density at radius 2 is 2.05 bits per heavy atom. The molecule has 2 aliphatic rings. The molecule has 19 heavy (non-hydrogen) atoms. The summed E-state index contributed by atoms with van der Waals surface area (Å²) in [6, 6.07) is 0.471. The van der Waals surface area contributed by atoms with Gasteiger partial charge in [-0.15, -0.1) is 10.2 Å². The quantitative estimate of drug-likeness (QED) is 0.821. The van der Waals surface area contributed by atoms with E-state index in [4.69, 9.17) is 4.74 Å². The molecule has 0 N–H and O–H groups in total. The molecule has 2 atom stereocenters. The molecular formula is C13H22N4OS. The fraction of sp³-hybridized carbons (Fsp3) is 0.846.